The van der Waals surface area contributed by atoms with Crippen LogP contribution in [0.15, 0.2) is 0 Å². The van der Waals surface area contributed by atoms with Gasteiger partial charge in [0.25, 0.3) is 0 Å². The lowest BCUT2D eigenvalue weighted by Gasteiger charge is -2.36. The van der Waals surface area contributed by atoms with E-state index in [1.165, 1.54) is 6.42 Å². The van der Waals surface area contributed by atoms with Gasteiger partial charge in [0.05, 0.1) is 12.7 Å². The summed E-state index contributed by atoms with van der Waals surface area (Å²) in [6, 6.07) is -0.122. The summed E-state index contributed by atoms with van der Waals surface area (Å²) in [7, 11) is 2.11. The first-order valence-corrected chi connectivity index (χ1v) is 11.0. The largest absolute Gasteiger partial charge is 0.352 e. The monoisotopic (exact) mass is 387 g/mol. The molecule has 2 heterocycles. The molecule has 8 heteroatoms. The molecule has 26 heavy (non-hydrogen) atoms. The van der Waals surface area contributed by atoms with Gasteiger partial charge in [-0.25, -0.2) is 15.2 Å². The molecule has 2 saturated heterocycles. The molecular weight excluding hydrogens is 353 g/mol. The normalized spacial score (nSPS) is 37.4. The number of alkyl halides is 1. The van der Waals surface area contributed by atoms with Gasteiger partial charge in [0, 0.05) is 17.3 Å². The first kappa shape index (κ1) is 20.3. The maximum atomic E-state index is 12.9. The third-order valence-electron chi connectivity index (χ3n) is 6.01. The van der Waals surface area contributed by atoms with Crippen molar-refractivity contribution in [1.29, 1.82) is 0 Å². The molecule has 5 unspecified atom stereocenters. The lowest BCUT2D eigenvalue weighted by molar-refractivity contribution is -0.125. The van der Waals surface area contributed by atoms with Crippen LogP contribution in [0.3, 0.4) is 0 Å². The Hall–Kier alpha value is -0.410. The van der Waals surface area contributed by atoms with Crippen molar-refractivity contribution in [2.24, 2.45) is 5.92 Å². The average molecular weight is 388 g/mol. The standard InChI is InChI=1S/C18H34FN5OS/c1-12(26-18-23-20-11-24(18)2)13-5-3-6-14(9-13)22-17(25)16-8-4-7-15(10-19)21-16/h12-16,18,20-21,23H,3-11H2,1-2H3,(H,22,25)/t12-,13?,14?,15?,16?,18?/m0/s1. The number of carbonyl (C=O) groups is 1. The average Bonchev–Trinajstić information content (AvgIpc) is 3.06. The van der Waals surface area contributed by atoms with E-state index in [1.807, 2.05) is 11.8 Å². The second kappa shape index (κ2) is 9.68. The van der Waals surface area contributed by atoms with Gasteiger partial charge >= 0.3 is 0 Å². The van der Waals surface area contributed by atoms with Crippen LogP contribution in [0, 0.1) is 5.92 Å². The first-order chi connectivity index (χ1) is 12.6. The number of thioether (sulfide) groups is 1. The number of carbonyl (C=O) groups excluding carboxylic acids is 1. The number of halogens is 1. The smallest absolute Gasteiger partial charge is 0.237 e. The van der Waals surface area contributed by atoms with Crippen molar-refractivity contribution in [3.8, 4) is 0 Å². The third-order valence-corrected chi connectivity index (χ3v) is 7.56. The zero-order valence-corrected chi connectivity index (χ0v) is 16.8. The van der Waals surface area contributed by atoms with Gasteiger partial charge in [0.1, 0.15) is 12.2 Å². The molecule has 0 radical (unpaired) electrons. The first-order valence-electron chi connectivity index (χ1n) is 10.0. The van der Waals surface area contributed by atoms with E-state index in [9.17, 15) is 9.18 Å². The van der Waals surface area contributed by atoms with Crippen LogP contribution in [0.25, 0.3) is 0 Å². The zero-order valence-electron chi connectivity index (χ0n) is 16.0. The van der Waals surface area contributed by atoms with Crippen molar-refractivity contribution in [1.82, 2.24) is 26.4 Å². The summed E-state index contributed by atoms with van der Waals surface area (Å²) in [5, 5.41) is 6.96. The summed E-state index contributed by atoms with van der Waals surface area (Å²) in [5.74, 6) is 0.684. The number of rotatable bonds is 6. The van der Waals surface area contributed by atoms with E-state index in [1.54, 1.807) is 0 Å². The Morgan fingerprint density at radius 1 is 1.31 bits per heavy atom. The van der Waals surface area contributed by atoms with Crippen molar-refractivity contribution < 1.29 is 9.18 Å². The minimum absolute atomic E-state index is 0.0653. The number of amides is 1. The Morgan fingerprint density at radius 3 is 2.85 bits per heavy atom. The molecule has 6 atom stereocenters. The van der Waals surface area contributed by atoms with Gasteiger partial charge in [-0.15, -0.1) is 11.8 Å². The molecule has 0 spiro atoms. The van der Waals surface area contributed by atoms with Gasteiger partial charge in [-0.05, 0) is 51.5 Å². The molecule has 2 aliphatic heterocycles. The number of nitrogens with one attached hydrogen (secondary N) is 4. The van der Waals surface area contributed by atoms with Crippen molar-refractivity contribution in [3.05, 3.63) is 0 Å². The number of hydrazine groups is 1. The van der Waals surface area contributed by atoms with Gasteiger partial charge < -0.3 is 10.6 Å². The van der Waals surface area contributed by atoms with Crippen LogP contribution in [-0.4, -0.2) is 60.1 Å². The van der Waals surface area contributed by atoms with Gasteiger partial charge in [-0.2, -0.15) is 0 Å². The Balaban J connectivity index is 1.46. The van der Waals surface area contributed by atoms with E-state index in [2.05, 4.69) is 40.4 Å². The lowest BCUT2D eigenvalue weighted by atomic mass is 9.83. The van der Waals surface area contributed by atoms with Crippen molar-refractivity contribution >= 4 is 17.7 Å². The SMILES string of the molecule is C[C@H](SC1NNCN1C)C1CCCC(NC(=O)C2CCCC(CF)N2)C1. The molecule has 1 amide bonds. The minimum atomic E-state index is -0.386. The summed E-state index contributed by atoms with van der Waals surface area (Å²) < 4.78 is 12.9. The molecule has 0 bridgehead atoms. The fourth-order valence-corrected chi connectivity index (χ4v) is 5.65. The highest BCUT2D eigenvalue weighted by molar-refractivity contribution is 8.00. The highest BCUT2D eigenvalue weighted by atomic mass is 32.2. The molecule has 3 rings (SSSR count). The fraction of sp³-hybridized carbons (Fsp3) is 0.944. The molecule has 150 valence electrons. The quantitative estimate of drug-likeness (QED) is 0.554. The minimum Gasteiger partial charge on any atom is -0.352 e. The topological polar surface area (TPSA) is 68.4 Å². The molecule has 1 aliphatic carbocycles. The van der Waals surface area contributed by atoms with Crippen LogP contribution < -0.4 is 21.5 Å². The van der Waals surface area contributed by atoms with Gasteiger partial charge in [0.2, 0.25) is 5.91 Å². The fourth-order valence-electron chi connectivity index (χ4n) is 4.34. The van der Waals surface area contributed by atoms with Crippen LogP contribution in [0.2, 0.25) is 0 Å². The number of hydrogen-bond acceptors (Lipinski definition) is 6. The van der Waals surface area contributed by atoms with Crippen LogP contribution in [-0.2, 0) is 4.79 Å². The molecule has 0 aromatic carbocycles. The lowest BCUT2D eigenvalue weighted by Crippen LogP contribution is -2.54. The van der Waals surface area contributed by atoms with E-state index in [4.69, 9.17) is 0 Å². The van der Waals surface area contributed by atoms with Gasteiger partial charge in [0.15, 0.2) is 0 Å². The van der Waals surface area contributed by atoms with E-state index in [0.717, 1.165) is 45.2 Å². The summed E-state index contributed by atoms with van der Waals surface area (Å²) >= 11 is 1.96. The molecule has 1 saturated carbocycles. The summed E-state index contributed by atoms with van der Waals surface area (Å²) in [6.45, 7) is 2.78. The van der Waals surface area contributed by atoms with E-state index in [0.29, 0.717) is 16.7 Å². The van der Waals surface area contributed by atoms with Crippen LogP contribution in [0.4, 0.5) is 4.39 Å². The van der Waals surface area contributed by atoms with E-state index in [-0.39, 0.29) is 30.7 Å². The number of piperidine rings is 1. The second-order valence-electron chi connectivity index (χ2n) is 8.06. The van der Waals surface area contributed by atoms with Crippen LogP contribution in [0.5, 0.6) is 0 Å². The van der Waals surface area contributed by atoms with Gasteiger partial charge in [-0.1, -0.05) is 13.3 Å². The Bertz CT molecular complexity index is 471. The van der Waals surface area contributed by atoms with Crippen molar-refractivity contribution in [2.45, 2.75) is 80.7 Å². The Kier molecular flexibility index (Phi) is 7.57. The van der Waals surface area contributed by atoms with Crippen LogP contribution >= 0.6 is 11.8 Å². The molecule has 0 aromatic rings. The number of nitrogens with zero attached hydrogens (tertiary/aromatic N) is 1. The predicted molar refractivity (Wildman–Crippen MR) is 104 cm³/mol. The Labute approximate surface area is 160 Å². The molecule has 3 fully saturated rings. The molecule has 3 aliphatic rings. The third kappa shape index (κ3) is 5.32. The van der Waals surface area contributed by atoms with E-state index < -0.39 is 0 Å². The predicted octanol–water partition coefficient (Wildman–Crippen LogP) is 1.54. The van der Waals surface area contributed by atoms with Crippen LogP contribution in [0.1, 0.15) is 51.9 Å². The number of hydrogen-bond donors (Lipinski definition) is 4. The summed E-state index contributed by atoms with van der Waals surface area (Å²) in [5.41, 5.74) is 6.79. The highest BCUT2D eigenvalue weighted by Gasteiger charge is 2.33. The highest BCUT2D eigenvalue weighted by Crippen LogP contribution is 2.35. The maximum Gasteiger partial charge on any atom is 0.237 e. The summed E-state index contributed by atoms with van der Waals surface area (Å²) in [4.78, 5) is 14.9. The molecular formula is C18H34FN5OS. The van der Waals surface area contributed by atoms with Gasteiger partial charge in [-0.3, -0.25) is 9.69 Å². The molecule has 6 nitrogen and oxygen atoms in total. The Morgan fingerprint density at radius 2 is 2.12 bits per heavy atom. The second-order valence-corrected chi connectivity index (χ2v) is 9.53. The maximum absolute atomic E-state index is 12.9. The summed E-state index contributed by atoms with van der Waals surface area (Å²) in [6.07, 6.45) is 7.08. The molecule has 0 aromatic heterocycles. The van der Waals surface area contributed by atoms with Crippen molar-refractivity contribution in [3.63, 3.8) is 0 Å². The van der Waals surface area contributed by atoms with E-state index >= 15 is 0 Å². The zero-order chi connectivity index (χ0) is 18.5. The van der Waals surface area contributed by atoms with Crippen molar-refractivity contribution in [2.75, 3.05) is 20.4 Å². The molecule has 4 N–H and O–H groups in total.